The van der Waals surface area contributed by atoms with Crippen molar-refractivity contribution in [3.05, 3.63) is 144 Å². The number of hydrogen-bond donors (Lipinski definition) is 0. The molecule has 0 saturated heterocycles. The van der Waals surface area contributed by atoms with Crippen LogP contribution in [0.3, 0.4) is 0 Å². The van der Waals surface area contributed by atoms with Crippen LogP contribution in [0.4, 0.5) is 0 Å². The topological polar surface area (TPSA) is 34.1 Å². The number of carbonyl (C=O) groups excluding carboxylic acids is 2. The standard InChI is InChI=1S/C38H34O2/c1-25-30(26-17-9-5-10-18-26)38(29-23-15-8-16-24-29)36(3)32(28-21-13-7-14-22-28)31(27-19-11-6-12-20-27)35(2,34(36)40)37(38,4)33(25)39/h5-25,30H,1-4H3. The van der Waals surface area contributed by atoms with Crippen LogP contribution in [0.5, 0.6) is 0 Å². The maximum absolute atomic E-state index is 15.4. The van der Waals surface area contributed by atoms with Crippen LogP contribution in [0.2, 0.25) is 0 Å². The summed E-state index contributed by atoms with van der Waals surface area (Å²) in [7, 11) is 0. The van der Waals surface area contributed by atoms with E-state index in [4.69, 9.17) is 0 Å². The minimum absolute atomic E-state index is 0.158. The zero-order chi connectivity index (χ0) is 27.9. The Hall–Kier alpha value is -4.04. The van der Waals surface area contributed by atoms with E-state index in [0.717, 1.165) is 33.4 Å². The summed E-state index contributed by atoms with van der Waals surface area (Å²) >= 11 is 0. The number of carbonyl (C=O) groups is 2. The molecule has 0 spiro atoms. The summed E-state index contributed by atoms with van der Waals surface area (Å²) in [5, 5.41) is 0. The van der Waals surface area contributed by atoms with Crippen LogP contribution < -0.4 is 0 Å². The monoisotopic (exact) mass is 522 g/mol. The van der Waals surface area contributed by atoms with Gasteiger partial charge in [0.2, 0.25) is 0 Å². The summed E-state index contributed by atoms with van der Waals surface area (Å²) in [5.41, 5.74) is 2.63. The molecule has 198 valence electrons. The Bertz CT molecular complexity index is 1670. The van der Waals surface area contributed by atoms with Gasteiger partial charge in [-0.05, 0) is 47.2 Å². The van der Waals surface area contributed by atoms with Crippen LogP contribution in [0.25, 0.3) is 11.1 Å². The lowest BCUT2D eigenvalue weighted by Crippen LogP contribution is -2.56. The van der Waals surface area contributed by atoms with Crippen molar-refractivity contribution in [2.45, 2.75) is 39.0 Å². The summed E-state index contributed by atoms with van der Waals surface area (Å²) in [6.07, 6.45) is 0. The van der Waals surface area contributed by atoms with Gasteiger partial charge in [-0.25, -0.2) is 0 Å². The van der Waals surface area contributed by atoms with Crippen molar-refractivity contribution in [3.63, 3.8) is 0 Å². The van der Waals surface area contributed by atoms with Gasteiger partial charge < -0.3 is 0 Å². The van der Waals surface area contributed by atoms with Crippen LogP contribution in [0.15, 0.2) is 121 Å². The number of fused-ring (bicyclic) bond motifs is 5. The number of hydrogen-bond acceptors (Lipinski definition) is 2. The van der Waals surface area contributed by atoms with Gasteiger partial charge in [-0.3, -0.25) is 9.59 Å². The fourth-order valence-corrected chi connectivity index (χ4v) is 9.75. The van der Waals surface area contributed by atoms with Gasteiger partial charge in [-0.15, -0.1) is 0 Å². The number of benzene rings is 4. The molecule has 6 unspecified atom stereocenters. The molecule has 0 heterocycles. The van der Waals surface area contributed by atoms with Crippen molar-refractivity contribution < 1.29 is 9.59 Å². The number of Topliss-reactive ketones (excluding diaryl/α,β-unsaturated/α-hetero) is 2. The quantitative estimate of drug-likeness (QED) is 0.271. The highest BCUT2D eigenvalue weighted by molar-refractivity contribution is 6.28. The van der Waals surface area contributed by atoms with Gasteiger partial charge in [0.25, 0.3) is 0 Å². The highest BCUT2D eigenvalue weighted by Crippen LogP contribution is 2.87. The average Bonchev–Trinajstić information content (AvgIpc) is 3.37. The minimum atomic E-state index is -1.01. The largest absolute Gasteiger partial charge is 0.299 e. The molecule has 2 heteroatoms. The predicted octanol–water partition coefficient (Wildman–Crippen LogP) is 8.15. The van der Waals surface area contributed by atoms with E-state index in [1.165, 1.54) is 0 Å². The van der Waals surface area contributed by atoms with Gasteiger partial charge in [0, 0.05) is 17.3 Å². The van der Waals surface area contributed by atoms with Crippen molar-refractivity contribution in [1.82, 2.24) is 0 Å². The van der Waals surface area contributed by atoms with Crippen molar-refractivity contribution in [1.29, 1.82) is 0 Å². The highest BCUT2D eigenvalue weighted by Gasteiger charge is 2.90. The molecule has 2 bridgehead atoms. The maximum atomic E-state index is 15.4. The first-order valence-corrected chi connectivity index (χ1v) is 14.3. The first kappa shape index (κ1) is 25.0. The van der Waals surface area contributed by atoms with Gasteiger partial charge in [0.15, 0.2) is 5.78 Å². The van der Waals surface area contributed by atoms with E-state index < -0.39 is 21.7 Å². The molecule has 7 rings (SSSR count). The summed E-state index contributed by atoms with van der Waals surface area (Å²) in [6.45, 7) is 8.45. The average molecular weight is 523 g/mol. The van der Waals surface area contributed by atoms with E-state index in [2.05, 4.69) is 113 Å². The van der Waals surface area contributed by atoms with Crippen molar-refractivity contribution >= 4 is 22.7 Å². The van der Waals surface area contributed by atoms with E-state index in [0.29, 0.717) is 0 Å². The molecule has 2 nitrogen and oxygen atoms in total. The van der Waals surface area contributed by atoms with Crippen molar-refractivity contribution in [2.24, 2.45) is 22.2 Å². The molecule has 4 aromatic carbocycles. The van der Waals surface area contributed by atoms with Gasteiger partial charge in [-0.1, -0.05) is 135 Å². The van der Waals surface area contributed by atoms with Crippen LogP contribution >= 0.6 is 0 Å². The van der Waals surface area contributed by atoms with Gasteiger partial charge in [0.05, 0.1) is 16.2 Å². The Morgan fingerprint density at radius 3 is 1.48 bits per heavy atom. The lowest BCUT2D eigenvalue weighted by atomic mass is 9.43. The molecule has 0 aromatic heterocycles. The van der Waals surface area contributed by atoms with E-state index in [-0.39, 0.29) is 23.4 Å². The molecule has 0 N–H and O–H groups in total. The number of allylic oxidation sites excluding steroid dienone is 2. The first-order chi connectivity index (χ1) is 19.3. The van der Waals surface area contributed by atoms with Gasteiger partial charge in [0.1, 0.15) is 5.78 Å². The fraction of sp³-hybridized carbons (Fsp3) is 0.263. The van der Waals surface area contributed by atoms with Crippen LogP contribution in [0.1, 0.15) is 55.9 Å². The molecule has 3 aliphatic carbocycles. The Labute approximate surface area is 236 Å². The minimum Gasteiger partial charge on any atom is -0.299 e. The van der Waals surface area contributed by atoms with Crippen molar-refractivity contribution in [3.8, 4) is 0 Å². The third-order valence-electron chi connectivity index (χ3n) is 11.1. The molecular weight excluding hydrogens is 488 g/mol. The molecule has 4 aromatic rings. The maximum Gasteiger partial charge on any atom is 0.155 e. The molecule has 0 amide bonds. The van der Waals surface area contributed by atoms with Crippen LogP contribution in [0, 0.1) is 22.2 Å². The molecule has 2 saturated carbocycles. The lowest BCUT2D eigenvalue weighted by Gasteiger charge is -2.56. The van der Waals surface area contributed by atoms with E-state index in [1.807, 2.05) is 36.4 Å². The second-order valence-corrected chi connectivity index (χ2v) is 12.4. The second-order valence-electron chi connectivity index (χ2n) is 12.4. The third-order valence-corrected chi connectivity index (χ3v) is 11.1. The molecule has 0 radical (unpaired) electrons. The summed E-state index contributed by atoms with van der Waals surface area (Å²) in [6, 6.07) is 41.6. The fourth-order valence-electron chi connectivity index (χ4n) is 9.75. The van der Waals surface area contributed by atoms with E-state index in [1.54, 1.807) is 0 Å². The highest BCUT2D eigenvalue weighted by atomic mass is 16.1. The van der Waals surface area contributed by atoms with Gasteiger partial charge >= 0.3 is 0 Å². The second kappa shape index (κ2) is 8.24. The van der Waals surface area contributed by atoms with Crippen LogP contribution in [-0.4, -0.2) is 11.6 Å². The Balaban J connectivity index is 1.71. The normalized spacial score (nSPS) is 34.4. The predicted molar refractivity (Wildman–Crippen MR) is 160 cm³/mol. The molecular formula is C38H34O2. The smallest absolute Gasteiger partial charge is 0.155 e. The lowest BCUT2D eigenvalue weighted by molar-refractivity contribution is -0.137. The third kappa shape index (κ3) is 2.52. The molecule has 40 heavy (non-hydrogen) atoms. The molecule has 2 fully saturated rings. The van der Waals surface area contributed by atoms with E-state index >= 15 is 4.79 Å². The SMILES string of the molecule is CC1C(=O)C2(C)C3(C)C(=O)C(C)(C(c4ccccc4)=C3c3ccccc3)C2(c2ccccc2)C1c1ccccc1. The molecule has 0 aliphatic heterocycles. The molecule has 6 atom stereocenters. The molecule has 3 aliphatic rings. The summed E-state index contributed by atoms with van der Waals surface area (Å²) in [4.78, 5) is 30.4. The number of rotatable bonds is 4. The Morgan fingerprint density at radius 2 is 0.975 bits per heavy atom. The first-order valence-electron chi connectivity index (χ1n) is 14.3. The zero-order valence-electron chi connectivity index (χ0n) is 23.5. The van der Waals surface area contributed by atoms with Gasteiger partial charge in [-0.2, -0.15) is 0 Å². The summed E-state index contributed by atoms with van der Waals surface area (Å²) in [5.74, 6) is -0.0810. The number of ketones is 2. The van der Waals surface area contributed by atoms with Crippen LogP contribution in [-0.2, 0) is 15.0 Å². The van der Waals surface area contributed by atoms with E-state index in [9.17, 15) is 4.79 Å². The summed E-state index contributed by atoms with van der Waals surface area (Å²) < 4.78 is 0. The Morgan fingerprint density at radius 1 is 0.550 bits per heavy atom. The zero-order valence-corrected chi connectivity index (χ0v) is 23.5. The Kier molecular flexibility index (Phi) is 5.14. The van der Waals surface area contributed by atoms with Crippen molar-refractivity contribution in [2.75, 3.05) is 0 Å².